The van der Waals surface area contributed by atoms with Crippen LogP contribution in [0.4, 0.5) is 5.82 Å². The van der Waals surface area contributed by atoms with Crippen LogP contribution in [-0.4, -0.2) is 54.7 Å². The number of phosphoric ester groups is 1. The van der Waals surface area contributed by atoms with Crippen molar-refractivity contribution in [2.75, 3.05) is 12.3 Å². The van der Waals surface area contributed by atoms with Crippen molar-refractivity contribution >= 4 is 40.4 Å². The van der Waals surface area contributed by atoms with Gasteiger partial charge in [0.15, 0.2) is 17.7 Å². The van der Waals surface area contributed by atoms with E-state index < -0.39 is 54.6 Å². The molecule has 1 aliphatic rings. The van der Waals surface area contributed by atoms with Crippen molar-refractivity contribution in [2.24, 2.45) is 0 Å². The quantitative estimate of drug-likeness (QED) is 0.288. The molecule has 0 bridgehead atoms. The summed E-state index contributed by atoms with van der Waals surface area (Å²) in [7, 11) is -18.1. The van der Waals surface area contributed by atoms with E-state index in [4.69, 9.17) is 10.5 Å². The maximum Gasteiger partial charge on any atom is 0.278 e. The third-order valence-corrected chi connectivity index (χ3v) is 7.46. The van der Waals surface area contributed by atoms with E-state index in [2.05, 4.69) is 28.1 Å². The van der Waals surface area contributed by atoms with Crippen molar-refractivity contribution in [3.8, 4) is 0 Å². The van der Waals surface area contributed by atoms with Gasteiger partial charge in [-0.1, -0.05) is 0 Å². The second-order valence-corrected chi connectivity index (χ2v) is 10.2. The third kappa shape index (κ3) is 5.71. The molecule has 3 heterocycles. The number of aliphatic hydroxyl groups is 2. The van der Waals surface area contributed by atoms with Crippen molar-refractivity contribution in [3.05, 3.63) is 12.7 Å². The predicted octanol–water partition coefficient (Wildman–Crippen LogP) is -4.16. The molecule has 18 nitrogen and oxygen atoms in total. The number of aromatic nitrogens is 4. The molecule has 174 valence electrons. The van der Waals surface area contributed by atoms with Crippen molar-refractivity contribution in [1.29, 1.82) is 0 Å². The zero-order chi connectivity index (χ0) is 23.2. The molecule has 1 saturated heterocycles. The van der Waals surface area contributed by atoms with Crippen LogP contribution >= 0.6 is 23.5 Å². The average molecular weight is 503 g/mol. The first kappa shape index (κ1) is 24.3. The lowest BCUT2D eigenvalue weighted by molar-refractivity contribution is -0.339. The van der Waals surface area contributed by atoms with Crippen molar-refractivity contribution in [3.63, 3.8) is 0 Å². The summed E-state index contributed by atoms with van der Waals surface area (Å²) < 4.78 is 50.2. The van der Waals surface area contributed by atoms with Gasteiger partial charge < -0.3 is 49.3 Å². The summed E-state index contributed by atoms with van der Waals surface area (Å²) in [6, 6.07) is 0. The van der Waals surface area contributed by atoms with E-state index in [1.54, 1.807) is 0 Å². The normalized spacial score (nSPS) is 28.5. The van der Waals surface area contributed by atoms with Gasteiger partial charge in [0.25, 0.3) is 15.6 Å². The number of ether oxygens (including phenoxy) is 1. The van der Waals surface area contributed by atoms with E-state index in [1.165, 1.54) is 4.57 Å². The molecule has 1 aliphatic heterocycles. The number of aliphatic hydroxyl groups excluding tert-OH is 2. The highest BCUT2D eigenvalue weighted by molar-refractivity contribution is 7.64. The predicted molar refractivity (Wildman–Crippen MR) is 86.6 cm³/mol. The van der Waals surface area contributed by atoms with Gasteiger partial charge in [0, 0.05) is 0 Å². The molecule has 31 heavy (non-hydrogen) atoms. The first-order chi connectivity index (χ1) is 14.2. The summed E-state index contributed by atoms with van der Waals surface area (Å²) >= 11 is 0. The number of hydrogen-bond donors (Lipinski definition) is 3. The Bertz CT molecular complexity index is 1100. The minimum atomic E-state index is -6.14. The molecule has 0 radical (unpaired) electrons. The SMILES string of the molecule is Nc1ncnc2c1ncn2[C@@H]1O[C@@H](COP(=O)([O-])OP(=O)([O-])OP(=O)([O-])[O-])[C@@H](O)[C@H]1O. The van der Waals surface area contributed by atoms with Crippen molar-refractivity contribution < 1.29 is 61.4 Å². The number of nitrogen functional groups attached to an aromatic ring is 1. The molecule has 0 aliphatic carbocycles. The van der Waals surface area contributed by atoms with Crippen LogP contribution in [0.15, 0.2) is 12.7 Å². The van der Waals surface area contributed by atoms with Gasteiger partial charge in [-0.3, -0.25) is 18.0 Å². The molecule has 3 rings (SSSR count). The largest absolute Gasteiger partial charge is 0.790 e. The number of hydrogen-bond acceptors (Lipinski definition) is 17. The third-order valence-electron chi connectivity index (χ3n) is 3.80. The molecule has 21 heteroatoms. The Balaban J connectivity index is 1.69. The number of nitrogens with two attached hydrogens (primary N) is 1. The molecule has 0 saturated carbocycles. The summed E-state index contributed by atoms with van der Waals surface area (Å²) in [5, 5.41) is 20.3. The summed E-state index contributed by atoms with van der Waals surface area (Å²) in [6.45, 7) is -1.08. The van der Waals surface area contributed by atoms with E-state index in [0.29, 0.717) is 0 Å². The van der Waals surface area contributed by atoms with E-state index in [1.807, 2.05) is 0 Å². The molecular weight excluding hydrogens is 491 g/mol. The van der Waals surface area contributed by atoms with Crippen LogP contribution in [-0.2, 0) is 31.6 Å². The van der Waals surface area contributed by atoms with Gasteiger partial charge in [-0.05, 0) is 0 Å². The van der Waals surface area contributed by atoms with Gasteiger partial charge in [-0.25, -0.2) is 19.3 Å². The molecule has 1 fully saturated rings. The smallest absolute Gasteiger partial charge is 0.278 e. The maximum absolute atomic E-state index is 11.6. The van der Waals surface area contributed by atoms with Crippen LogP contribution in [0.3, 0.4) is 0 Å². The highest BCUT2D eigenvalue weighted by Crippen LogP contribution is 2.60. The van der Waals surface area contributed by atoms with Gasteiger partial charge >= 0.3 is 0 Å². The highest BCUT2D eigenvalue weighted by Gasteiger charge is 2.45. The van der Waals surface area contributed by atoms with E-state index in [0.717, 1.165) is 12.7 Å². The minimum Gasteiger partial charge on any atom is -0.790 e. The number of nitrogens with zero attached hydrogens (tertiary/aromatic N) is 4. The maximum atomic E-state index is 11.6. The fraction of sp³-hybridized carbons (Fsp3) is 0.500. The molecule has 2 aromatic rings. The summed E-state index contributed by atoms with van der Waals surface area (Å²) in [4.78, 5) is 54.9. The Morgan fingerprint density at radius 3 is 2.39 bits per heavy atom. The van der Waals surface area contributed by atoms with Crippen LogP contribution in [0, 0.1) is 0 Å². The van der Waals surface area contributed by atoms with Crippen LogP contribution < -0.4 is 25.3 Å². The van der Waals surface area contributed by atoms with Crippen LogP contribution in [0.5, 0.6) is 0 Å². The lowest BCUT2D eigenvalue weighted by Gasteiger charge is -2.37. The van der Waals surface area contributed by atoms with Crippen LogP contribution in [0.1, 0.15) is 6.23 Å². The summed E-state index contributed by atoms with van der Waals surface area (Å²) in [5.41, 5.74) is 5.92. The van der Waals surface area contributed by atoms with Gasteiger partial charge in [-0.2, -0.15) is 0 Å². The van der Waals surface area contributed by atoms with E-state index in [-0.39, 0.29) is 17.0 Å². The zero-order valence-electron chi connectivity index (χ0n) is 14.8. The fourth-order valence-corrected chi connectivity index (χ4v) is 5.47. The molecule has 0 amide bonds. The van der Waals surface area contributed by atoms with Gasteiger partial charge in [0.2, 0.25) is 0 Å². The summed E-state index contributed by atoms with van der Waals surface area (Å²) in [5.74, 6) is 0.0195. The van der Waals surface area contributed by atoms with Crippen LogP contribution in [0.2, 0.25) is 0 Å². The van der Waals surface area contributed by atoms with E-state index >= 15 is 0 Å². The second kappa shape index (κ2) is 8.53. The van der Waals surface area contributed by atoms with Gasteiger partial charge in [0.1, 0.15) is 30.2 Å². The molecule has 2 unspecified atom stereocenters. The number of rotatable bonds is 8. The van der Waals surface area contributed by atoms with Gasteiger partial charge in [0.05, 0.1) is 20.8 Å². The Kier molecular flexibility index (Phi) is 6.68. The highest BCUT2D eigenvalue weighted by atomic mass is 31.3. The molecule has 0 aromatic carbocycles. The second-order valence-electron chi connectivity index (χ2n) is 5.93. The Morgan fingerprint density at radius 2 is 1.74 bits per heavy atom. The lowest BCUT2D eigenvalue weighted by atomic mass is 10.1. The van der Waals surface area contributed by atoms with Crippen molar-refractivity contribution in [2.45, 2.75) is 24.5 Å². The zero-order valence-corrected chi connectivity index (χ0v) is 17.4. The monoisotopic (exact) mass is 503 g/mol. The molecule has 2 aromatic heterocycles. The Labute approximate surface area is 171 Å². The number of fused-ring (bicyclic) bond motifs is 1. The molecular formula is C10H12N5O13P3-4. The average Bonchev–Trinajstić information content (AvgIpc) is 3.13. The van der Waals surface area contributed by atoms with Crippen molar-refractivity contribution in [1.82, 2.24) is 19.5 Å². The topological polar surface area (TPSA) is 290 Å². The van der Waals surface area contributed by atoms with Gasteiger partial charge in [-0.15, -0.1) is 0 Å². The fourth-order valence-electron chi connectivity index (χ4n) is 2.60. The molecule has 0 spiro atoms. The molecule has 4 N–H and O–H groups in total. The summed E-state index contributed by atoms with van der Waals surface area (Å²) in [6.07, 6.45) is -3.99. The number of phosphoric acid groups is 3. The first-order valence-electron chi connectivity index (χ1n) is 7.85. The van der Waals surface area contributed by atoms with E-state index in [9.17, 15) is 43.5 Å². The van der Waals surface area contributed by atoms with Crippen LogP contribution in [0.25, 0.3) is 11.2 Å². The minimum absolute atomic E-state index is 0.0195. The number of imidazole rings is 1. The number of anilines is 1. The Morgan fingerprint density at radius 1 is 1.06 bits per heavy atom. The Hall–Kier alpha value is -1.36. The lowest BCUT2D eigenvalue weighted by Crippen LogP contribution is -2.34. The standard InChI is InChI=1S/C10H16N5O13P3/c11-8-5-9(13-2-12-8)15(3-14-5)10-7(17)6(16)4(26-10)1-25-30(21,22)28-31(23,24)27-29(18,19)20/h2-4,6-7,10,16-17H,1H2,(H,21,22)(H,23,24)(H2,11,12,13)(H2,18,19,20)/p-4/t4-,6+,7+,10+/m0/s1. The first-order valence-corrected chi connectivity index (χ1v) is 12.2. The molecule has 6 atom stereocenters.